The van der Waals surface area contributed by atoms with E-state index in [-0.39, 0.29) is 0 Å². The average molecular weight is 240 g/mol. The van der Waals surface area contributed by atoms with Crippen molar-refractivity contribution in [3.05, 3.63) is 30.3 Å². The number of hydrogen-bond donors (Lipinski definition) is 2. The van der Waals surface area contributed by atoms with Crippen molar-refractivity contribution in [1.82, 2.24) is 0 Å². The van der Waals surface area contributed by atoms with Gasteiger partial charge in [-0.15, -0.1) is 11.8 Å². The summed E-state index contributed by atoms with van der Waals surface area (Å²) in [6.07, 6.45) is -0.446. The third-order valence-electron chi connectivity index (χ3n) is 2.52. The number of aliphatic hydroxyl groups excluding tert-OH is 1. The molecule has 16 heavy (non-hydrogen) atoms. The van der Waals surface area contributed by atoms with Crippen LogP contribution in [0.25, 0.3) is 0 Å². The topological polar surface area (TPSA) is 57.5 Å². The van der Waals surface area contributed by atoms with Gasteiger partial charge in [-0.2, -0.15) is 0 Å². The van der Waals surface area contributed by atoms with Gasteiger partial charge in [0.2, 0.25) is 0 Å². The van der Waals surface area contributed by atoms with Crippen molar-refractivity contribution in [2.45, 2.75) is 36.0 Å². The smallest absolute Gasteiger partial charge is 0.322 e. The summed E-state index contributed by atoms with van der Waals surface area (Å²) < 4.78 is -1.20. The lowest BCUT2D eigenvalue weighted by Gasteiger charge is -2.28. The third kappa shape index (κ3) is 2.77. The molecule has 1 rings (SSSR count). The number of hydrogen-bond acceptors (Lipinski definition) is 3. The molecule has 0 aromatic heterocycles. The fraction of sp³-hybridized carbons (Fsp3) is 0.417. The summed E-state index contributed by atoms with van der Waals surface area (Å²) in [5, 5.41) is 19.0. The molecule has 0 saturated heterocycles. The summed E-state index contributed by atoms with van der Waals surface area (Å²) in [6.45, 7) is 3.33. The lowest BCUT2D eigenvalue weighted by Crippen LogP contribution is -2.43. The van der Waals surface area contributed by atoms with Crippen molar-refractivity contribution in [3.63, 3.8) is 0 Å². The molecule has 3 nitrogen and oxygen atoms in total. The molecule has 2 N–H and O–H groups in total. The van der Waals surface area contributed by atoms with Crippen molar-refractivity contribution in [2.24, 2.45) is 0 Å². The molecule has 0 aliphatic carbocycles. The molecule has 1 aromatic carbocycles. The minimum Gasteiger partial charge on any atom is -0.480 e. The van der Waals surface area contributed by atoms with Crippen molar-refractivity contribution >= 4 is 17.7 Å². The van der Waals surface area contributed by atoms with Gasteiger partial charge in [0.05, 0.1) is 6.10 Å². The third-order valence-corrected chi connectivity index (χ3v) is 3.90. The second-order valence-electron chi connectivity index (χ2n) is 3.75. The predicted molar refractivity (Wildman–Crippen MR) is 64.6 cm³/mol. The van der Waals surface area contributed by atoms with E-state index < -0.39 is 16.8 Å². The van der Waals surface area contributed by atoms with Crippen LogP contribution in [0.15, 0.2) is 35.2 Å². The Bertz CT molecular complexity index is 353. The van der Waals surface area contributed by atoms with E-state index in [1.54, 1.807) is 13.8 Å². The van der Waals surface area contributed by atoms with Gasteiger partial charge in [0.15, 0.2) is 0 Å². The highest BCUT2D eigenvalue weighted by atomic mass is 32.2. The van der Waals surface area contributed by atoms with E-state index >= 15 is 0 Å². The molecule has 0 aliphatic heterocycles. The monoisotopic (exact) mass is 240 g/mol. The summed E-state index contributed by atoms with van der Waals surface area (Å²) in [7, 11) is 0. The first kappa shape index (κ1) is 13.1. The molecule has 0 bridgehead atoms. The molecule has 0 fully saturated rings. The predicted octanol–water partition coefficient (Wildman–Crippen LogP) is 2.39. The van der Waals surface area contributed by atoms with Crippen LogP contribution in [0.1, 0.15) is 20.3 Å². The number of aliphatic hydroxyl groups is 1. The molecule has 0 radical (unpaired) electrons. The molecular weight excluding hydrogens is 224 g/mol. The van der Waals surface area contributed by atoms with Crippen molar-refractivity contribution in [2.75, 3.05) is 0 Å². The standard InChI is InChI=1S/C12H16O3S/c1-3-10(13)12(2,11(14)15)16-9-7-5-4-6-8-9/h4-8,10,13H,3H2,1-2H3,(H,14,15)/t10-,12-/m0/s1. The highest BCUT2D eigenvalue weighted by Crippen LogP contribution is 2.36. The van der Waals surface area contributed by atoms with Crippen LogP contribution in [-0.4, -0.2) is 27.0 Å². The van der Waals surface area contributed by atoms with Crippen LogP contribution in [0, 0.1) is 0 Å². The molecular formula is C12H16O3S. The number of thioether (sulfide) groups is 1. The van der Waals surface area contributed by atoms with Gasteiger partial charge >= 0.3 is 5.97 Å². The quantitative estimate of drug-likeness (QED) is 0.776. The number of rotatable bonds is 5. The molecule has 0 heterocycles. The van der Waals surface area contributed by atoms with Crippen LogP contribution in [0.5, 0.6) is 0 Å². The van der Waals surface area contributed by atoms with E-state index in [4.69, 9.17) is 0 Å². The Hall–Kier alpha value is -1.00. The molecule has 0 spiro atoms. The molecule has 0 unspecified atom stereocenters. The summed E-state index contributed by atoms with van der Waals surface area (Å²) in [4.78, 5) is 12.1. The lowest BCUT2D eigenvalue weighted by atomic mass is 10.0. The second-order valence-corrected chi connectivity index (χ2v) is 5.27. The SMILES string of the molecule is CC[C@H](O)[C@](C)(Sc1ccccc1)C(=O)O. The van der Waals surface area contributed by atoms with Crippen molar-refractivity contribution in [3.8, 4) is 0 Å². The maximum absolute atomic E-state index is 11.2. The number of aliphatic carboxylic acids is 1. The maximum Gasteiger partial charge on any atom is 0.322 e. The van der Waals surface area contributed by atoms with Crippen molar-refractivity contribution in [1.29, 1.82) is 0 Å². The zero-order chi connectivity index (χ0) is 12.2. The first-order chi connectivity index (χ1) is 7.50. The van der Waals surface area contributed by atoms with E-state index in [1.165, 1.54) is 11.8 Å². The first-order valence-electron chi connectivity index (χ1n) is 5.16. The van der Waals surface area contributed by atoms with Crippen LogP contribution in [0.4, 0.5) is 0 Å². The van der Waals surface area contributed by atoms with Crippen LogP contribution in [0.3, 0.4) is 0 Å². The van der Waals surface area contributed by atoms with Gasteiger partial charge in [0.1, 0.15) is 4.75 Å². The molecule has 2 atom stereocenters. The first-order valence-corrected chi connectivity index (χ1v) is 5.98. The van der Waals surface area contributed by atoms with E-state index in [9.17, 15) is 15.0 Å². The number of carboxylic acid groups (broad SMARTS) is 1. The minimum atomic E-state index is -1.20. The zero-order valence-corrected chi connectivity index (χ0v) is 10.2. The maximum atomic E-state index is 11.2. The van der Waals surface area contributed by atoms with Crippen LogP contribution >= 0.6 is 11.8 Å². The summed E-state index contributed by atoms with van der Waals surface area (Å²) >= 11 is 1.18. The molecule has 88 valence electrons. The van der Waals surface area contributed by atoms with E-state index in [0.29, 0.717) is 6.42 Å². The Morgan fingerprint density at radius 2 is 2.00 bits per heavy atom. The summed E-state index contributed by atoms with van der Waals surface area (Å²) in [6, 6.07) is 9.26. The highest BCUT2D eigenvalue weighted by molar-refractivity contribution is 8.01. The number of carbonyl (C=O) groups is 1. The lowest BCUT2D eigenvalue weighted by molar-refractivity contribution is -0.142. The summed E-state index contributed by atoms with van der Waals surface area (Å²) in [5.74, 6) is -0.990. The van der Waals surface area contributed by atoms with Gasteiger partial charge in [0, 0.05) is 4.90 Å². The normalized spacial score (nSPS) is 16.4. The molecule has 0 saturated carbocycles. The second kappa shape index (κ2) is 5.37. The van der Waals surface area contributed by atoms with Crippen LogP contribution in [0.2, 0.25) is 0 Å². The minimum absolute atomic E-state index is 0.419. The molecule has 0 aliphatic rings. The number of carboxylic acids is 1. The fourth-order valence-electron chi connectivity index (χ4n) is 1.38. The molecule has 0 amide bonds. The summed E-state index contributed by atoms with van der Waals surface area (Å²) in [5.41, 5.74) is 0. The van der Waals surface area contributed by atoms with Gasteiger partial charge in [-0.25, -0.2) is 0 Å². The largest absolute Gasteiger partial charge is 0.480 e. The Labute approximate surface area is 99.5 Å². The Balaban J connectivity index is 2.92. The Morgan fingerprint density at radius 1 is 1.44 bits per heavy atom. The average Bonchev–Trinajstić information content (AvgIpc) is 2.28. The zero-order valence-electron chi connectivity index (χ0n) is 9.38. The van der Waals surface area contributed by atoms with E-state index in [0.717, 1.165) is 4.90 Å². The Kier molecular flexibility index (Phi) is 4.38. The fourth-order valence-corrected chi connectivity index (χ4v) is 2.55. The van der Waals surface area contributed by atoms with Gasteiger partial charge in [-0.1, -0.05) is 25.1 Å². The van der Waals surface area contributed by atoms with Gasteiger partial charge in [-0.3, -0.25) is 4.79 Å². The molecule has 4 heteroatoms. The number of benzene rings is 1. The van der Waals surface area contributed by atoms with Gasteiger partial charge < -0.3 is 10.2 Å². The van der Waals surface area contributed by atoms with E-state index in [1.807, 2.05) is 30.3 Å². The Morgan fingerprint density at radius 3 is 2.44 bits per heavy atom. The van der Waals surface area contributed by atoms with Gasteiger partial charge in [-0.05, 0) is 25.5 Å². The van der Waals surface area contributed by atoms with Crippen LogP contribution < -0.4 is 0 Å². The van der Waals surface area contributed by atoms with Crippen molar-refractivity contribution < 1.29 is 15.0 Å². The highest BCUT2D eigenvalue weighted by Gasteiger charge is 2.40. The van der Waals surface area contributed by atoms with E-state index in [2.05, 4.69) is 0 Å². The van der Waals surface area contributed by atoms with Gasteiger partial charge in [0.25, 0.3) is 0 Å². The molecule has 1 aromatic rings. The van der Waals surface area contributed by atoms with Crippen LogP contribution in [-0.2, 0) is 4.79 Å².